The summed E-state index contributed by atoms with van der Waals surface area (Å²) in [6, 6.07) is 9.31. The highest BCUT2D eigenvalue weighted by molar-refractivity contribution is 5.97. The molecular weight excluding hydrogens is 318 g/mol. The fourth-order valence-corrected chi connectivity index (χ4v) is 2.80. The van der Waals surface area contributed by atoms with E-state index >= 15 is 0 Å². The van der Waals surface area contributed by atoms with E-state index in [-0.39, 0.29) is 12.3 Å². The van der Waals surface area contributed by atoms with Gasteiger partial charge in [-0.15, -0.1) is 0 Å². The molecule has 0 spiro atoms. The summed E-state index contributed by atoms with van der Waals surface area (Å²) >= 11 is 0. The van der Waals surface area contributed by atoms with Crippen molar-refractivity contribution in [2.75, 3.05) is 19.5 Å². The van der Waals surface area contributed by atoms with Crippen LogP contribution >= 0.6 is 0 Å². The lowest BCUT2D eigenvalue weighted by Gasteiger charge is -2.11. The Labute approximate surface area is 146 Å². The van der Waals surface area contributed by atoms with Gasteiger partial charge in [-0.2, -0.15) is 0 Å². The second-order valence-electron chi connectivity index (χ2n) is 5.94. The molecule has 1 aromatic heterocycles. The number of ether oxygens (including phenoxy) is 2. The van der Waals surface area contributed by atoms with Crippen LogP contribution in [0.25, 0.3) is 11.0 Å². The van der Waals surface area contributed by atoms with E-state index in [0.29, 0.717) is 17.2 Å². The average molecular weight is 339 g/mol. The van der Waals surface area contributed by atoms with E-state index in [9.17, 15) is 4.79 Å². The molecule has 5 heteroatoms. The first-order chi connectivity index (χ1) is 12.0. The molecule has 0 radical (unpaired) electrons. The maximum Gasteiger partial charge on any atom is 0.229 e. The van der Waals surface area contributed by atoms with Gasteiger partial charge in [0.25, 0.3) is 0 Å². The molecule has 3 aromatic rings. The highest BCUT2D eigenvalue weighted by atomic mass is 16.5. The second-order valence-corrected chi connectivity index (χ2v) is 5.94. The van der Waals surface area contributed by atoms with E-state index in [1.54, 1.807) is 38.7 Å². The molecule has 0 saturated carbocycles. The minimum atomic E-state index is -0.146. The van der Waals surface area contributed by atoms with Crippen molar-refractivity contribution in [3.05, 3.63) is 53.3 Å². The Balaban J connectivity index is 1.83. The third kappa shape index (κ3) is 3.31. The second kappa shape index (κ2) is 6.89. The Hall–Kier alpha value is -2.95. The molecule has 130 valence electrons. The number of carbonyl (C=O) groups excluding carboxylic acids is 1. The molecule has 0 aliphatic rings. The maximum atomic E-state index is 12.5. The van der Waals surface area contributed by atoms with E-state index in [2.05, 4.69) is 5.32 Å². The summed E-state index contributed by atoms with van der Waals surface area (Å²) in [4.78, 5) is 12.5. The van der Waals surface area contributed by atoms with Gasteiger partial charge in [-0.1, -0.05) is 12.1 Å². The first-order valence-corrected chi connectivity index (χ1v) is 8.01. The van der Waals surface area contributed by atoms with Crippen LogP contribution in [0.3, 0.4) is 0 Å². The Morgan fingerprint density at radius 1 is 1.12 bits per heavy atom. The molecular formula is C20H21NO4. The van der Waals surface area contributed by atoms with Crippen LogP contribution in [0.15, 0.2) is 41.0 Å². The van der Waals surface area contributed by atoms with Crippen molar-refractivity contribution in [2.45, 2.75) is 20.3 Å². The smallest absolute Gasteiger partial charge is 0.229 e. The monoisotopic (exact) mass is 339 g/mol. The topological polar surface area (TPSA) is 60.7 Å². The van der Waals surface area contributed by atoms with Gasteiger partial charge in [-0.05, 0) is 37.1 Å². The van der Waals surface area contributed by atoms with Gasteiger partial charge in [0.1, 0.15) is 17.1 Å². The molecule has 1 amide bonds. The van der Waals surface area contributed by atoms with Crippen LogP contribution in [0, 0.1) is 13.8 Å². The summed E-state index contributed by atoms with van der Waals surface area (Å²) < 4.78 is 16.2. The largest absolute Gasteiger partial charge is 0.497 e. The third-order valence-electron chi connectivity index (χ3n) is 4.37. The van der Waals surface area contributed by atoms with E-state index in [4.69, 9.17) is 13.9 Å². The molecule has 25 heavy (non-hydrogen) atoms. The number of anilines is 1. The highest BCUT2D eigenvalue weighted by Gasteiger charge is 2.14. The number of carbonyl (C=O) groups is 1. The van der Waals surface area contributed by atoms with Gasteiger partial charge in [0, 0.05) is 17.0 Å². The summed E-state index contributed by atoms with van der Waals surface area (Å²) in [5.41, 5.74) is 4.53. The van der Waals surface area contributed by atoms with Crippen molar-refractivity contribution < 1.29 is 18.7 Å². The van der Waals surface area contributed by atoms with Gasteiger partial charge in [-0.25, -0.2) is 0 Å². The van der Waals surface area contributed by atoms with Crippen LogP contribution in [0.1, 0.15) is 16.7 Å². The van der Waals surface area contributed by atoms with E-state index in [1.165, 1.54) is 5.56 Å². The number of fused-ring (bicyclic) bond motifs is 1. The summed E-state index contributed by atoms with van der Waals surface area (Å²) in [7, 11) is 3.14. The highest BCUT2D eigenvalue weighted by Crippen LogP contribution is 2.30. The van der Waals surface area contributed by atoms with Gasteiger partial charge >= 0.3 is 0 Å². The molecule has 3 rings (SSSR count). The Bertz CT molecular complexity index is 927. The lowest BCUT2D eigenvalue weighted by Crippen LogP contribution is -2.15. The first kappa shape index (κ1) is 16.9. The number of aryl methyl sites for hydroxylation is 2. The van der Waals surface area contributed by atoms with Gasteiger partial charge < -0.3 is 19.2 Å². The van der Waals surface area contributed by atoms with Crippen molar-refractivity contribution >= 4 is 22.6 Å². The number of hydrogen-bond acceptors (Lipinski definition) is 4. The normalized spacial score (nSPS) is 10.7. The van der Waals surface area contributed by atoms with Crippen molar-refractivity contribution in [3.63, 3.8) is 0 Å². The quantitative estimate of drug-likeness (QED) is 0.755. The van der Waals surface area contributed by atoms with Crippen molar-refractivity contribution in [1.29, 1.82) is 0 Å². The van der Waals surface area contributed by atoms with Gasteiger partial charge in [0.05, 0.1) is 32.6 Å². The summed E-state index contributed by atoms with van der Waals surface area (Å²) in [5, 5.41) is 3.85. The van der Waals surface area contributed by atoms with E-state index in [1.807, 2.05) is 26.0 Å². The number of nitrogens with one attached hydrogen (secondary N) is 1. The van der Waals surface area contributed by atoms with Crippen LogP contribution in [-0.4, -0.2) is 20.1 Å². The molecule has 0 aliphatic heterocycles. The van der Waals surface area contributed by atoms with Crippen LogP contribution in [0.2, 0.25) is 0 Å². The molecule has 0 bridgehead atoms. The van der Waals surface area contributed by atoms with Crippen LogP contribution in [0.5, 0.6) is 11.5 Å². The number of hydrogen-bond donors (Lipinski definition) is 1. The SMILES string of the molecule is COc1ccc(OC)c(NC(=O)Cc2coc3c(C)c(C)ccc23)c1. The zero-order chi connectivity index (χ0) is 18.0. The summed E-state index contributed by atoms with van der Waals surface area (Å²) in [6.07, 6.45) is 1.87. The molecule has 1 N–H and O–H groups in total. The van der Waals surface area contributed by atoms with Gasteiger partial charge in [-0.3, -0.25) is 4.79 Å². The van der Waals surface area contributed by atoms with Gasteiger partial charge in [0.15, 0.2) is 0 Å². The lowest BCUT2D eigenvalue weighted by molar-refractivity contribution is -0.115. The van der Waals surface area contributed by atoms with Crippen LogP contribution < -0.4 is 14.8 Å². The molecule has 0 unspecified atom stereocenters. The zero-order valence-electron chi connectivity index (χ0n) is 14.8. The Kier molecular flexibility index (Phi) is 4.65. The minimum Gasteiger partial charge on any atom is -0.497 e. The van der Waals surface area contributed by atoms with Crippen molar-refractivity contribution in [1.82, 2.24) is 0 Å². The molecule has 0 saturated heterocycles. The predicted octanol–water partition coefficient (Wildman–Crippen LogP) is 4.25. The number of furan rings is 1. The molecule has 2 aromatic carbocycles. The lowest BCUT2D eigenvalue weighted by atomic mass is 10.0. The summed E-state index contributed by atoms with van der Waals surface area (Å²) in [6.45, 7) is 4.06. The number of rotatable bonds is 5. The third-order valence-corrected chi connectivity index (χ3v) is 4.37. The summed E-state index contributed by atoms with van der Waals surface area (Å²) in [5.74, 6) is 1.08. The molecule has 1 heterocycles. The molecule has 5 nitrogen and oxygen atoms in total. The minimum absolute atomic E-state index is 0.146. The number of benzene rings is 2. The number of methoxy groups -OCH3 is 2. The standard InChI is InChI=1S/C20H21NO4/c1-12-5-7-16-14(11-25-20(16)13(12)2)9-19(22)21-17-10-15(23-3)6-8-18(17)24-4/h5-8,10-11H,9H2,1-4H3,(H,21,22). The van der Waals surface area contributed by atoms with E-state index < -0.39 is 0 Å². The molecule has 0 aliphatic carbocycles. The van der Waals surface area contributed by atoms with Gasteiger partial charge in [0.2, 0.25) is 5.91 Å². The van der Waals surface area contributed by atoms with E-state index in [0.717, 1.165) is 22.1 Å². The molecule has 0 fully saturated rings. The molecule has 0 atom stereocenters. The van der Waals surface area contributed by atoms with Crippen molar-refractivity contribution in [3.8, 4) is 11.5 Å². The van der Waals surface area contributed by atoms with Crippen molar-refractivity contribution in [2.24, 2.45) is 0 Å². The average Bonchev–Trinajstić information content (AvgIpc) is 3.01. The zero-order valence-corrected chi connectivity index (χ0v) is 14.8. The first-order valence-electron chi connectivity index (χ1n) is 8.01. The fourth-order valence-electron chi connectivity index (χ4n) is 2.80. The number of amides is 1. The fraction of sp³-hybridized carbons (Fsp3) is 0.250. The van der Waals surface area contributed by atoms with Crippen LogP contribution in [-0.2, 0) is 11.2 Å². The Morgan fingerprint density at radius 2 is 1.92 bits per heavy atom. The maximum absolute atomic E-state index is 12.5. The predicted molar refractivity (Wildman–Crippen MR) is 97.6 cm³/mol. The Morgan fingerprint density at radius 3 is 2.64 bits per heavy atom. The van der Waals surface area contributed by atoms with Crippen LogP contribution in [0.4, 0.5) is 5.69 Å².